The standard InChI is InChI=1S/C12H12O2.C8H14O2.C4H6O2.C2H4O/c1-10(12(13)14)6-5-9-11-7-3-2-4-8-11;1-4-5-6-10-8(9)7(2)3;1-3(2)4(5)6;1-2-3-1/h2-5,7-9H,1,6H2,(H,13,14);2,4-6H2,1,3H3;1H2,2H3,(H,5,6);1-2H2. The van der Waals surface area contributed by atoms with Crippen LogP contribution in [0.15, 0.2) is 72.9 Å². The van der Waals surface area contributed by atoms with Gasteiger partial charge < -0.3 is 19.7 Å². The maximum Gasteiger partial charge on any atom is 0.333 e. The molecule has 1 aromatic rings. The molecule has 2 N–H and O–H groups in total. The van der Waals surface area contributed by atoms with E-state index < -0.39 is 11.9 Å². The highest BCUT2D eigenvalue weighted by Gasteiger charge is 2.00. The van der Waals surface area contributed by atoms with Crippen LogP contribution >= 0.6 is 0 Å². The van der Waals surface area contributed by atoms with E-state index in [2.05, 4.69) is 31.4 Å². The molecule has 0 unspecified atom stereocenters. The van der Waals surface area contributed by atoms with Crippen LogP contribution in [0.3, 0.4) is 0 Å². The molecule has 0 aliphatic carbocycles. The van der Waals surface area contributed by atoms with Crippen molar-refractivity contribution in [1.82, 2.24) is 0 Å². The zero-order chi connectivity index (χ0) is 25.6. The van der Waals surface area contributed by atoms with E-state index in [-0.39, 0.29) is 17.1 Å². The minimum atomic E-state index is -0.942. The number of epoxide rings is 1. The van der Waals surface area contributed by atoms with Gasteiger partial charge in [-0.25, -0.2) is 14.4 Å². The van der Waals surface area contributed by atoms with E-state index in [1.54, 1.807) is 13.0 Å². The fourth-order valence-corrected chi connectivity index (χ4v) is 1.42. The zero-order valence-corrected chi connectivity index (χ0v) is 19.8. The molecular weight excluding hydrogens is 424 g/mol. The first-order chi connectivity index (χ1) is 15.5. The van der Waals surface area contributed by atoms with E-state index in [1.165, 1.54) is 6.92 Å². The van der Waals surface area contributed by atoms with Gasteiger partial charge in [0.25, 0.3) is 0 Å². The Bertz CT molecular complexity index is 775. The average Bonchev–Trinajstić information content (AvgIpc) is 3.65. The largest absolute Gasteiger partial charge is 0.478 e. The fourth-order valence-electron chi connectivity index (χ4n) is 1.42. The molecular formula is C26H36O7. The maximum absolute atomic E-state index is 10.7. The maximum atomic E-state index is 10.7. The third kappa shape index (κ3) is 24.7. The molecule has 0 radical (unpaired) electrons. The number of carbonyl (C=O) groups excluding carboxylic acids is 1. The van der Waals surface area contributed by atoms with Gasteiger partial charge in [-0.2, -0.15) is 0 Å². The molecule has 7 heteroatoms. The Morgan fingerprint density at radius 1 is 1.00 bits per heavy atom. The summed E-state index contributed by atoms with van der Waals surface area (Å²) in [5.74, 6) is -2.16. The minimum absolute atomic E-state index is 0.176. The van der Waals surface area contributed by atoms with Gasteiger partial charge in [-0.05, 0) is 32.3 Å². The summed E-state index contributed by atoms with van der Waals surface area (Å²) in [6, 6.07) is 9.73. The van der Waals surface area contributed by atoms with Crippen molar-refractivity contribution in [2.24, 2.45) is 0 Å². The zero-order valence-electron chi connectivity index (χ0n) is 19.8. The predicted octanol–water partition coefficient (Wildman–Crippen LogP) is 5.30. The molecule has 0 saturated carbocycles. The van der Waals surface area contributed by atoms with Crippen molar-refractivity contribution in [3.63, 3.8) is 0 Å². The highest BCUT2D eigenvalue weighted by molar-refractivity contribution is 5.87. The fraction of sp³-hybridized carbons (Fsp3) is 0.346. The van der Waals surface area contributed by atoms with Crippen LogP contribution in [-0.4, -0.2) is 47.9 Å². The molecule has 0 aromatic heterocycles. The summed E-state index contributed by atoms with van der Waals surface area (Å²) in [5.41, 5.74) is 1.91. The lowest BCUT2D eigenvalue weighted by Crippen LogP contribution is -2.05. The van der Waals surface area contributed by atoms with Crippen molar-refractivity contribution < 1.29 is 34.1 Å². The number of allylic oxidation sites excluding steroid dienone is 1. The van der Waals surface area contributed by atoms with E-state index in [1.807, 2.05) is 36.4 Å². The molecule has 1 saturated heterocycles. The van der Waals surface area contributed by atoms with Gasteiger partial charge in [0, 0.05) is 16.7 Å². The van der Waals surface area contributed by atoms with Gasteiger partial charge in [-0.15, -0.1) is 0 Å². The Balaban J connectivity index is 0. The van der Waals surface area contributed by atoms with Crippen LogP contribution in [0.2, 0.25) is 0 Å². The van der Waals surface area contributed by atoms with E-state index >= 15 is 0 Å². The normalized spacial score (nSPS) is 10.6. The highest BCUT2D eigenvalue weighted by atomic mass is 16.6. The van der Waals surface area contributed by atoms with Crippen LogP contribution in [0.25, 0.3) is 6.08 Å². The van der Waals surface area contributed by atoms with Crippen LogP contribution in [0.1, 0.15) is 45.6 Å². The van der Waals surface area contributed by atoms with Crippen molar-refractivity contribution in [1.29, 1.82) is 0 Å². The number of carboxylic acid groups (broad SMARTS) is 2. The third-order valence-electron chi connectivity index (χ3n) is 3.43. The van der Waals surface area contributed by atoms with Crippen LogP contribution in [0.5, 0.6) is 0 Å². The predicted molar refractivity (Wildman–Crippen MR) is 131 cm³/mol. The van der Waals surface area contributed by atoms with Gasteiger partial charge in [0.15, 0.2) is 0 Å². The SMILES string of the molecule is C1CO1.C=C(C)C(=O)O.C=C(C)C(=O)OCCCC.C=C(CC=Cc1ccccc1)C(=O)O. The molecule has 0 amide bonds. The lowest BCUT2D eigenvalue weighted by atomic mass is 10.1. The third-order valence-corrected chi connectivity index (χ3v) is 3.43. The first-order valence-corrected chi connectivity index (χ1v) is 10.4. The number of unbranched alkanes of at least 4 members (excludes halogenated alkanes) is 1. The van der Waals surface area contributed by atoms with Crippen molar-refractivity contribution in [3.05, 3.63) is 78.4 Å². The molecule has 0 spiro atoms. The summed E-state index contributed by atoms with van der Waals surface area (Å²) < 4.78 is 9.31. The summed E-state index contributed by atoms with van der Waals surface area (Å²) in [6.07, 6.45) is 6.03. The van der Waals surface area contributed by atoms with Gasteiger partial charge in [0.1, 0.15) is 0 Å². The summed E-state index contributed by atoms with van der Waals surface area (Å²) in [6.45, 7) is 17.7. The van der Waals surface area contributed by atoms with E-state index in [4.69, 9.17) is 14.9 Å². The molecule has 1 aliphatic rings. The molecule has 2 rings (SSSR count). The Morgan fingerprint density at radius 3 is 1.88 bits per heavy atom. The van der Waals surface area contributed by atoms with E-state index in [0.29, 0.717) is 18.6 Å². The second-order valence-electron chi connectivity index (χ2n) is 6.89. The number of aliphatic carboxylic acids is 2. The Morgan fingerprint density at radius 2 is 1.52 bits per heavy atom. The van der Waals surface area contributed by atoms with Crippen molar-refractivity contribution >= 4 is 24.0 Å². The molecule has 1 heterocycles. The first kappa shape index (κ1) is 31.7. The van der Waals surface area contributed by atoms with Gasteiger partial charge in [-0.3, -0.25) is 0 Å². The molecule has 33 heavy (non-hydrogen) atoms. The summed E-state index contributed by atoms with van der Waals surface area (Å²) in [4.78, 5) is 30.7. The van der Waals surface area contributed by atoms with Crippen LogP contribution < -0.4 is 0 Å². The molecule has 182 valence electrons. The second-order valence-corrected chi connectivity index (χ2v) is 6.89. The Kier molecular flexibility index (Phi) is 19.7. The molecule has 7 nitrogen and oxygen atoms in total. The summed E-state index contributed by atoms with van der Waals surface area (Å²) in [5, 5.41) is 16.4. The number of ether oxygens (including phenoxy) is 2. The molecule has 1 fully saturated rings. The lowest BCUT2D eigenvalue weighted by Gasteiger charge is -2.01. The van der Waals surface area contributed by atoms with Crippen molar-refractivity contribution in [2.45, 2.75) is 40.0 Å². The molecule has 0 atom stereocenters. The van der Waals surface area contributed by atoms with Crippen LogP contribution in [-0.2, 0) is 23.9 Å². The van der Waals surface area contributed by atoms with Crippen molar-refractivity contribution in [3.8, 4) is 0 Å². The molecule has 1 aliphatic heterocycles. The van der Waals surface area contributed by atoms with Crippen LogP contribution in [0, 0.1) is 0 Å². The van der Waals surface area contributed by atoms with Crippen molar-refractivity contribution in [2.75, 3.05) is 19.8 Å². The van der Waals surface area contributed by atoms with E-state index in [0.717, 1.165) is 31.6 Å². The molecule has 1 aromatic carbocycles. The highest BCUT2D eigenvalue weighted by Crippen LogP contribution is 2.05. The Hall–Kier alpha value is -3.45. The number of hydrogen-bond donors (Lipinski definition) is 2. The number of esters is 1. The summed E-state index contributed by atoms with van der Waals surface area (Å²) >= 11 is 0. The Labute approximate surface area is 196 Å². The quantitative estimate of drug-likeness (QED) is 0.222. The summed E-state index contributed by atoms with van der Waals surface area (Å²) in [7, 11) is 0. The number of hydrogen-bond acceptors (Lipinski definition) is 5. The molecule has 0 bridgehead atoms. The van der Waals surface area contributed by atoms with E-state index in [9.17, 15) is 14.4 Å². The van der Waals surface area contributed by atoms with Gasteiger partial charge in [-0.1, -0.05) is 75.6 Å². The minimum Gasteiger partial charge on any atom is -0.478 e. The monoisotopic (exact) mass is 460 g/mol. The van der Waals surface area contributed by atoms with Gasteiger partial charge >= 0.3 is 17.9 Å². The number of carboxylic acids is 2. The lowest BCUT2D eigenvalue weighted by molar-refractivity contribution is -0.139. The van der Waals surface area contributed by atoms with Gasteiger partial charge in [0.05, 0.1) is 19.8 Å². The van der Waals surface area contributed by atoms with Gasteiger partial charge in [0.2, 0.25) is 0 Å². The average molecular weight is 461 g/mol. The van der Waals surface area contributed by atoms with Crippen LogP contribution in [0.4, 0.5) is 0 Å². The number of carbonyl (C=O) groups is 3. The smallest absolute Gasteiger partial charge is 0.333 e. The first-order valence-electron chi connectivity index (χ1n) is 10.4. The topological polar surface area (TPSA) is 113 Å². The number of rotatable bonds is 9. The second kappa shape index (κ2) is 20.5. The number of benzene rings is 1.